The molecule has 0 bridgehead atoms. The number of rotatable bonds is 7. The largest absolute Gasteiger partial charge is 0.381 e. The average Bonchev–Trinajstić information content (AvgIpc) is 2.49. The van der Waals surface area contributed by atoms with Crippen molar-refractivity contribution in [3.63, 3.8) is 0 Å². The third kappa shape index (κ3) is 5.11. The van der Waals surface area contributed by atoms with Gasteiger partial charge < -0.3 is 14.8 Å². The summed E-state index contributed by atoms with van der Waals surface area (Å²) in [5.41, 5.74) is -0.117. The Bertz CT molecular complexity index is 480. The Morgan fingerprint density at radius 3 is 2.95 bits per heavy atom. The summed E-state index contributed by atoms with van der Waals surface area (Å²) in [6, 6.07) is 1.29. The van der Waals surface area contributed by atoms with Gasteiger partial charge in [-0.2, -0.15) is 0 Å². The van der Waals surface area contributed by atoms with Crippen molar-refractivity contribution in [2.75, 3.05) is 31.7 Å². The molecule has 0 aromatic carbocycles. The van der Waals surface area contributed by atoms with Crippen molar-refractivity contribution in [1.82, 2.24) is 4.98 Å². The maximum atomic E-state index is 10.6. The Kier molecular flexibility index (Phi) is 6.16. The first-order chi connectivity index (χ1) is 10.2. The van der Waals surface area contributed by atoms with E-state index >= 15 is 0 Å². The van der Waals surface area contributed by atoms with Crippen molar-refractivity contribution in [2.24, 2.45) is 0 Å². The molecule has 8 heteroatoms. The minimum absolute atomic E-state index is 0.117. The number of halogens is 1. The molecule has 1 aromatic heterocycles. The van der Waals surface area contributed by atoms with Crippen LogP contribution in [0.1, 0.15) is 19.3 Å². The van der Waals surface area contributed by atoms with E-state index in [-0.39, 0.29) is 10.7 Å². The van der Waals surface area contributed by atoms with Gasteiger partial charge >= 0.3 is 0 Å². The highest BCUT2D eigenvalue weighted by atomic mass is 35.5. The highest BCUT2D eigenvalue weighted by Gasteiger charge is 2.14. The zero-order valence-corrected chi connectivity index (χ0v) is 12.3. The summed E-state index contributed by atoms with van der Waals surface area (Å²) >= 11 is 5.93. The minimum atomic E-state index is -0.523. The van der Waals surface area contributed by atoms with Crippen molar-refractivity contribution in [1.29, 1.82) is 0 Å². The molecule has 0 atom stereocenters. The lowest BCUT2D eigenvalue weighted by Gasteiger charge is -2.22. The van der Waals surface area contributed by atoms with Gasteiger partial charge in [0, 0.05) is 32.4 Å². The number of nitro groups is 1. The summed E-state index contributed by atoms with van der Waals surface area (Å²) in [6.45, 7) is 2.84. The van der Waals surface area contributed by atoms with E-state index < -0.39 is 4.92 Å². The van der Waals surface area contributed by atoms with E-state index in [2.05, 4.69) is 10.3 Å². The van der Waals surface area contributed by atoms with E-state index in [0.717, 1.165) is 32.5 Å². The standard InChI is InChI=1S/C13H18ClN3O4/c14-12-8-10(17(18)19)9-16-13(12)15-4-1-5-21-11-2-6-20-7-3-11/h8-9,11H,1-7H2,(H,15,16). The molecular weight excluding hydrogens is 298 g/mol. The molecule has 2 heterocycles. The van der Waals surface area contributed by atoms with Crippen LogP contribution in [-0.4, -0.2) is 42.4 Å². The average molecular weight is 316 g/mol. The Hall–Kier alpha value is -1.44. The Labute approximate surface area is 127 Å². The first kappa shape index (κ1) is 15.9. The molecule has 0 unspecified atom stereocenters. The maximum absolute atomic E-state index is 10.6. The number of hydrogen-bond donors (Lipinski definition) is 1. The first-order valence-corrected chi connectivity index (χ1v) is 7.28. The van der Waals surface area contributed by atoms with Crippen LogP contribution in [0.5, 0.6) is 0 Å². The molecule has 21 heavy (non-hydrogen) atoms. The summed E-state index contributed by atoms with van der Waals surface area (Å²) < 4.78 is 11.0. The smallest absolute Gasteiger partial charge is 0.289 e. The molecule has 1 aliphatic rings. The molecule has 7 nitrogen and oxygen atoms in total. The molecule has 0 aliphatic carbocycles. The number of ether oxygens (including phenoxy) is 2. The van der Waals surface area contributed by atoms with Gasteiger partial charge in [0.15, 0.2) is 0 Å². The molecule has 0 spiro atoms. The van der Waals surface area contributed by atoms with Crippen LogP contribution in [0.2, 0.25) is 5.02 Å². The molecule has 0 amide bonds. The van der Waals surface area contributed by atoms with Gasteiger partial charge in [0.05, 0.1) is 16.0 Å². The van der Waals surface area contributed by atoms with Gasteiger partial charge in [0.2, 0.25) is 0 Å². The van der Waals surface area contributed by atoms with Gasteiger partial charge in [-0.05, 0) is 19.3 Å². The summed E-state index contributed by atoms with van der Waals surface area (Å²) in [5, 5.41) is 13.9. The molecule has 1 aromatic rings. The van der Waals surface area contributed by atoms with Crippen LogP contribution in [-0.2, 0) is 9.47 Å². The number of nitrogens with zero attached hydrogens (tertiary/aromatic N) is 2. The van der Waals surface area contributed by atoms with E-state index in [1.807, 2.05) is 0 Å². The Balaban J connectivity index is 1.67. The third-order valence-corrected chi connectivity index (χ3v) is 3.46. The first-order valence-electron chi connectivity index (χ1n) is 6.90. The number of pyridine rings is 1. The summed E-state index contributed by atoms with van der Waals surface area (Å²) in [4.78, 5) is 14.0. The highest BCUT2D eigenvalue weighted by Crippen LogP contribution is 2.23. The van der Waals surface area contributed by atoms with Crippen molar-refractivity contribution in [2.45, 2.75) is 25.4 Å². The topological polar surface area (TPSA) is 86.5 Å². The van der Waals surface area contributed by atoms with Crippen LogP contribution in [0.15, 0.2) is 12.3 Å². The third-order valence-electron chi connectivity index (χ3n) is 3.17. The van der Waals surface area contributed by atoms with Gasteiger partial charge in [-0.3, -0.25) is 10.1 Å². The SMILES string of the molecule is O=[N+]([O-])c1cnc(NCCCOC2CCOCC2)c(Cl)c1. The van der Waals surface area contributed by atoms with E-state index in [4.69, 9.17) is 21.1 Å². The Morgan fingerprint density at radius 2 is 2.29 bits per heavy atom. The Morgan fingerprint density at radius 1 is 1.52 bits per heavy atom. The van der Waals surface area contributed by atoms with Crippen LogP contribution in [0.25, 0.3) is 0 Å². The van der Waals surface area contributed by atoms with Crippen LogP contribution in [0.3, 0.4) is 0 Å². The van der Waals surface area contributed by atoms with E-state index in [9.17, 15) is 10.1 Å². The molecule has 2 rings (SSSR count). The van der Waals surface area contributed by atoms with Crippen LogP contribution in [0.4, 0.5) is 11.5 Å². The summed E-state index contributed by atoms with van der Waals surface area (Å²) in [7, 11) is 0. The quantitative estimate of drug-likeness (QED) is 0.473. The fraction of sp³-hybridized carbons (Fsp3) is 0.615. The lowest BCUT2D eigenvalue weighted by atomic mass is 10.1. The molecule has 1 fully saturated rings. The van der Waals surface area contributed by atoms with Gasteiger partial charge in [0.1, 0.15) is 12.0 Å². The van der Waals surface area contributed by atoms with Crippen LogP contribution < -0.4 is 5.32 Å². The van der Waals surface area contributed by atoms with Gasteiger partial charge in [-0.25, -0.2) is 4.98 Å². The summed E-state index contributed by atoms with van der Waals surface area (Å²) in [6.07, 6.45) is 4.19. The van der Waals surface area contributed by atoms with Crippen molar-refractivity contribution in [3.8, 4) is 0 Å². The number of anilines is 1. The predicted molar refractivity (Wildman–Crippen MR) is 78.8 cm³/mol. The second-order valence-corrected chi connectivity index (χ2v) is 5.15. The lowest BCUT2D eigenvalue weighted by Crippen LogP contribution is -2.24. The van der Waals surface area contributed by atoms with Gasteiger partial charge in [0.25, 0.3) is 5.69 Å². The van der Waals surface area contributed by atoms with Crippen molar-refractivity contribution < 1.29 is 14.4 Å². The maximum Gasteiger partial charge on any atom is 0.289 e. The normalized spacial score (nSPS) is 15.9. The molecule has 1 N–H and O–H groups in total. The second kappa shape index (κ2) is 8.11. The van der Waals surface area contributed by atoms with E-state index in [1.165, 1.54) is 12.3 Å². The number of aromatic nitrogens is 1. The minimum Gasteiger partial charge on any atom is -0.381 e. The van der Waals surface area contributed by atoms with Crippen LogP contribution in [0, 0.1) is 10.1 Å². The second-order valence-electron chi connectivity index (χ2n) is 4.74. The fourth-order valence-electron chi connectivity index (χ4n) is 2.03. The number of nitrogens with one attached hydrogen (secondary N) is 1. The van der Waals surface area contributed by atoms with E-state index in [0.29, 0.717) is 25.1 Å². The molecular formula is C13H18ClN3O4. The van der Waals surface area contributed by atoms with Crippen molar-refractivity contribution in [3.05, 3.63) is 27.4 Å². The predicted octanol–water partition coefficient (Wildman–Crippen LogP) is 2.64. The molecule has 0 saturated carbocycles. The van der Waals surface area contributed by atoms with Crippen LogP contribution >= 0.6 is 11.6 Å². The van der Waals surface area contributed by atoms with Gasteiger partial charge in [-0.1, -0.05) is 11.6 Å². The molecule has 0 radical (unpaired) electrons. The fourth-order valence-corrected chi connectivity index (χ4v) is 2.26. The summed E-state index contributed by atoms with van der Waals surface area (Å²) in [5.74, 6) is 0.452. The molecule has 1 saturated heterocycles. The zero-order valence-electron chi connectivity index (χ0n) is 11.6. The number of hydrogen-bond acceptors (Lipinski definition) is 6. The molecule has 1 aliphatic heterocycles. The van der Waals surface area contributed by atoms with Gasteiger partial charge in [-0.15, -0.1) is 0 Å². The highest BCUT2D eigenvalue weighted by molar-refractivity contribution is 6.33. The molecule has 116 valence electrons. The van der Waals surface area contributed by atoms with Crippen molar-refractivity contribution >= 4 is 23.1 Å². The monoisotopic (exact) mass is 315 g/mol. The van der Waals surface area contributed by atoms with E-state index in [1.54, 1.807) is 0 Å². The zero-order chi connectivity index (χ0) is 15.1. The lowest BCUT2D eigenvalue weighted by molar-refractivity contribution is -0.385.